The van der Waals surface area contributed by atoms with Crippen LogP contribution in [0.2, 0.25) is 0 Å². The second kappa shape index (κ2) is 5.68. The summed E-state index contributed by atoms with van der Waals surface area (Å²) in [6, 6.07) is 15.7. The van der Waals surface area contributed by atoms with Gasteiger partial charge in [-0.25, -0.2) is 0 Å². The lowest BCUT2D eigenvalue weighted by Gasteiger charge is -2.20. The first kappa shape index (κ1) is 14.6. The first-order chi connectivity index (χ1) is 9.38. The molecule has 2 aromatic carbocycles. The molecule has 0 fully saturated rings. The Balaban J connectivity index is 2.31. The van der Waals surface area contributed by atoms with Crippen molar-refractivity contribution in [1.82, 2.24) is 0 Å². The third-order valence-corrected chi connectivity index (χ3v) is 3.30. The molecule has 20 heavy (non-hydrogen) atoms. The smallest absolute Gasteiger partial charge is 0.133 e. The minimum absolute atomic E-state index is 0.0865. The second-order valence-electron chi connectivity index (χ2n) is 6.09. The van der Waals surface area contributed by atoms with Crippen LogP contribution < -0.4 is 4.74 Å². The van der Waals surface area contributed by atoms with E-state index >= 15 is 0 Å². The maximum atomic E-state index is 9.79. The minimum atomic E-state index is -0.544. The Kier molecular flexibility index (Phi) is 4.15. The van der Waals surface area contributed by atoms with Gasteiger partial charge in [-0.3, -0.25) is 0 Å². The highest BCUT2D eigenvalue weighted by Crippen LogP contribution is 2.31. The van der Waals surface area contributed by atoms with Crippen molar-refractivity contribution in [2.75, 3.05) is 0 Å². The van der Waals surface area contributed by atoms with E-state index in [4.69, 9.17) is 4.74 Å². The van der Waals surface area contributed by atoms with Crippen molar-refractivity contribution < 1.29 is 9.84 Å². The van der Waals surface area contributed by atoms with E-state index in [9.17, 15) is 5.11 Å². The largest absolute Gasteiger partial charge is 0.457 e. The number of ether oxygens (including phenoxy) is 1. The third-order valence-electron chi connectivity index (χ3n) is 3.30. The first-order valence-corrected chi connectivity index (χ1v) is 6.93. The van der Waals surface area contributed by atoms with Crippen molar-refractivity contribution in [2.45, 2.75) is 39.2 Å². The van der Waals surface area contributed by atoms with E-state index in [2.05, 4.69) is 32.9 Å². The molecule has 0 heterocycles. The van der Waals surface area contributed by atoms with Gasteiger partial charge in [-0.15, -0.1) is 0 Å². The maximum absolute atomic E-state index is 9.79. The Bertz CT molecular complexity index is 580. The fourth-order valence-electron chi connectivity index (χ4n) is 2.07. The lowest BCUT2D eigenvalue weighted by molar-refractivity contribution is 0.195. The summed E-state index contributed by atoms with van der Waals surface area (Å²) in [5.41, 5.74) is 2.11. The zero-order valence-corrected chi connectivity index (χ0v) is 12.6. The average Bonchev–Trinajstić information content (AvgIpc) is 2.38. The van der Waals surface area contributed by atoms with Gasteiger partial charge in [0.15, 0.2) is 0 Å². The van der Waals surface area contributed by atoms with Crippen molar-refractivity contribution in [3.05, 3.63) is 59.7 Å². The van der Waals surface area contributed by atoms with Gasteiger partial charge in [0.2, 0.25) is 0 Å². The number of aliphatic hydroxyl groups excluding tert-OH is 1. The van der Waals surface area contributed by atoms with Crippen LogP contribution >= 0.6 is 0 Å². The molecule has 2 rings (SSSR count). The third kappa shape index (κ3) is 3.40. The molecule has 0 amide bonds. The molecule has 0 spiro atoms. The monoisotopic (exact) mass is 270 g/mol. The fraction of sp³-hybridized carbons (Fsp3) is 0.333. The van der Waals surface area contributed by atoms with E-state index in [1.165, 1.54) is 5.56 Å². The van der Waals surface area contributed by atoms with Crippen LogP contribution in [0, 0.1) is 0 Å². The molecule has 2 heteroatoms. The second-order valence-corrected chi connectivity index (χ2v) is 6.09. The van der Waals surface area contributed by atoms with Crippen LogP contribution in [-0.4, -0.2) is 5.11 Å². The van der Waals surface area contributed by atoms with Crippen LogP contribution in [-0.2, 0) is 5.41 Å². The van der Waals surface area contributed by atoms with Gasteiger partial charge < -0.3 is 9.84 Å². The van der Waals surface area contributed by atoms with Crippen molar-refractivity contribution >= 4 is 0 Å². The topological polar surface area (TPSA) is 29.5 Å². The number of hydrogen-bond donors (Lipinski definition) is 1. The summed E-state index contributed by atoms with van der Waals surface area (Å²) >= 11 is 0. The Labute approximate surface area is 121 Å². The Morgan fingerprint density at radius 2 is 1.70 bits per heavy atom. The van der Waals surface area contributed by atoms with E-state index in [-0.39, 0.29) is 5.41 Å². The van der Waals surface area contributed by atoms with Crippen LogP contribution in [0.15, 0.2) is 48.5 Å². The number of para-hydroxylation sites is 1. The molecule has 0 unspecified atom stereocenters. The van der Waals surface area contributed by atoms with Crippen LogP contribution in [0.5, 0.6) is 11.5 Å². The number of rotatable bonds is 3. The predicted molar refractivity (Wildman–Crippen MR) is 82.3 cm³/mol. The van der Waals surface area contributed by atoms with Crippen LogP contribution in [0.3, 0.4) is 0 Å². The molecule has 2 aromatic rings. The molecule has 0 radical (unpaired) electrons. The number of hydrogen-bond acceptors (Lipinski definition) is 2. The van der Waals surface area contributed by atoms with E-state index in [1.807, 2.05) is 36.4 Å². The van der Waals surface area contributed by atoms with Crippen molar-refractivity contribution in [3.8, 4) is 11.5 Å². The van der Waals surface area contributed by atoms with Gasteiger partial charge in [-0.05, 0) is 36.1 Å². The molecule has 0 aromatic heterocycles. The lowest BCUT2D eigenvalue weighted by Crippen LogP contribution is -2.10. The highest BCUT2D eigenvalue weighted by molar-refractivity contribution is 5.40. The molecule has 0 aliphatic rings. The number of aliphatic hydroxyl groups is 1. The van der Waals surface area contributed by atoms with E-state index in [1.54, 1.807) is 6.92 Å². The molecule has 0 saturated heterocycles. The molecular weight excluding hydrogens is 248 g/mol. The molecule has 1 atom stereocenters. The first-order valence-electron chi connectivity index (χ1n) is 6.93. The molecule has 1 N–H and O–H groups in total. The summed E-state index contributed by atoms with van der Waals surface area (Å²) in [4.78, 5) is 0. The molecular formula is C18H22O2. The van der Waals surface area contributed by atoms with E-state index in [0.717, 1.165) is 11.3 Å². The molecule has 0 aliphatic heterocycles. The number of benzene rings is 2. The van der Waals surface area contributed by atoms with Gasteiger partial charge in [-0.1, -0.05) is 51.1 Å². The normalized spacial score (nSPS) is 13.1. The lowest BCUT2D eigenvalue weighted by atomic mass is 9.87. The summed E-state index contributed by atoms with van der Waals surface area (Å²) in [5, 5.41) is 9.79. The van der Waals surface area contributed by atoms with E-state index < -0.39 is 6.10 Å². The highest BCUT2D eigenvalue weighted by Gasteiger charge is 2.15. The van der Waals surface area contributed by atoms with Crippen LogP contribution in [0.25, 0.3) is 0 Å². The standard InChI is InChI=1S/C18H22O2/c1-13(19)16-10-5-6-11-17(16)20-15-9-7-8-14(12-15)18(2,3)4/h5-13,19H,1-4H3/t13-/m1/s1. The van der Waals surface area contributed by atoms with Crippen molar-refractivity contribution in [2.24, 2.45) is 0 Å². The minimum Gasteiger partial charge on any atom is -0.457 e. The van der Waals surface area contributed by atoms with Gasteiger partial charge >= 0.3 is 0 Å². The maximum Gasteiger partial charge on any atom is 0.133 e. The Morgan fingerprint density at radius 1 is 1.00 bits per heavy atom. The van der Waals surface area contributed by atoms with Crippen LogP contribution in [0.4, 0.5) is 0 Å². The fourth-order valence-corrected chi connectivity index (χ4v) is 2.07. The van der Waals surface area contributed by atoms with Gasteiger partial charge in [0.05, 0.1) is 6.10 Å². The van der Waals surface area contributed by atoms with Crippen molar-refractivity contribution in [3.63, 3.8) is 0 Å². The molecule has 0 saturated carbocycles. The highest BCUT2D eigenvalue weighted by atomic mass is 16.5. The van der Waals surface area contributed by atoms with Gasteiger partial charge in [0, 0.05) is 5.56 Å². The summed E-state index contributed by atoms with van der Waals surface area (Å²) in [6.45, 7) is 8.27. The van der Waals surface area contributed by atoms with Crippen LogP contribution in [0.1, 0.15) is 44.9 Å². The van der Waals surface area contributed by atoms with Gasteiger partial charge in [0.1, 0.15) is 11.5 Å². The molecule has 106 valence electrons. The molecule has 2 nitrogen and oxygen atoms in total. The molecule has 0 aliphatic carbocycles. The zero-order valence-electron chi connectivity index (χ0n) is 12.6. The Hall–Kier alpha value is -1.80. The van der Waals surface area contributed by atoms with E-state index in [0.29, 0.717) is 5.75 Å². The van der Waals surface area contributed by atoms with Gasteiger partial charge in [0.25, 0.3) is 0 Å². The predicted octanol–water partition coefficient (Wildman–Crippen LogP) is 4.83. The quantitative estimate of drug-likeness (QED) is 0.865. The van der Waals surface area contributed by atoms with Crippen molar-refractivity contribution in [1.29, 1.82) is 0 Å². The SMILES string of the molecule is C[C@@H](O)c1ccccc1Oc1cccc(C(C)(C)C)c1. The zero-order chi connectivity index (χ0) is 14.8. The summed E-state index contributed by atoms with van der Waals surface area (Å²) in [7, 11) is 0. The summed E-state index contributed by atoms with van der Waals surface area (Å²) in [5.74, 6) is 1.50. The van der Waals surface area contributed by atoms with Gasteiger partial charge in [-0.2, -0.15) is 0 Å². The average molecular weight is 270 g/mol. The summed E-state index contributed by atoms with van der Waals surface area (Å²) in [6.07, 6.45) is -0.544. The summed E-state index contributed by atoms with van der Waals surface area (Å²) < 4.78 is 5.95. The Morgan fingerprint density at radius 3 is 2.35 bits per heavy atom. The molecule has 0 bridgehead atoms.